The number of hydrogen-bond acceptors (Lipinski definition) is 2. The first-order valence-electron chi connectivity index (χ1n) is 6.21. The van der Waals surface area contributed by atoms with Crippen LogP contribution in [-0.4, -0.2) is 12.5 Å². The molecule has 17 heavy (non-hydrogen) atoms. The van der Waals surface area contributed by atoms with E-state index in [0.717, 1.165) is 36.1 Å². The lowest BCUT2D eigenvalue weighted by atomic mass is 10.1. The van der Waals surface area contributed by atoms with E-state index >= 15 is 0 Å². The fourth-order valence-corrected chi connectivity index (χ4v) is 1.82. The molecule has 0 spiro atoms. The van der Waals surface area contributed by atoms with Crippen molar-refractivity contribution in [2.45, 2.75) is 39.5 Å². The lowest BCUT2D eigenvalue weighted by molar-refractivity contribution is -0.116. The number of para-hydroxylation sites is 1. The maximum atomic E-state index is 11.7. The summed E-state index contributed by atoms with van der Waals surface area (Å²) in [5.41, 5.74) is 8.59. The maximum Gasteiger partial charge on any atom is 0.224 e. The van der Waals surface area contributed by atoms with Gasteiger partial charge in [0.15, 0.2) is 0 Å². The van der Waals surface area contributed by atoms with Crippen LogP contribution >= 0.6 is 0 Å². The van der Waals surface area contributed by atoms with Gasteiger partial charge in [-0.2, -0.15) is 0 Å². The van der Waals surface area contributed by atoms with Crippen LogP contribution in [0.5, 0.6) is 0 Å². The van der Waals surface area contributed by atoms with Gasteiger partial charge in [-0.3, -0.25) is 4.79 Å². The molecule has 94 valence electrons. The second kappa shape index (κ2) is 7.07. The van der Waals surface area contributed by atoms with Crippen LogP contribution in [0.25, 0.3) is 0 Å². The third-order valence-electron chi connectivity index (χ3n) is 2.85. The van der Waals surface area contributed by atoms with Crippen LogP contribution in [0.1, 0.15) is 36.8 Å². The van der Waals surface area contributed by atoms with Crippen molar-refractivity contribution in [1.82, 2.24) is 0 Å². The zero-order valence-corrected chi connectivity index (χ0v) is 10.8. The van der Waals surface area contributed by atoms with Crippen LogP contribution in [0, 0.1) is 13.8 Å². The molecule has 1 rings (SSSR count). The third kappa shape index (κ3) is 4.57. The quantitative estimate of drug-likeness (QED) is 0.744. The Kier molecular flexibility index (Phi) is 5.70. The number of nitrogens with two attached hydrogens (primary N) is 1. The van der Waals surface area contributed by atoms with Gasteiger partial charge in [0.05, 0.1) is 0 Å². The molecule has 0 heterocycles. The van der Waals surface area contributed by atoms with Crippen molar-refractivity contribution in [3.05, 3.63) is 29.3 Å². The molecule has 0 saturated carbocycles. The van der Waals surface area contributed by atoms with E-state index in [4.69, 9.17) is 5.73 Å². The van der Waals surface area contributed by atoms with Gasteiger partial charge in [0.2, 0.25) is 5.91 Å². The van der Waals surface area contributed by atoms with Gasteiger partial charge in [0.25, 0.3) is 0 Å². The Bertz CT molecular complexity index is 354. The minimum Gasteiger partial charge on any atom is -0.330 e. The number of benzene rings is 1. The van der Waals surface area contributed by atoms with Crippen molar-refractivity contribution >= 4 is 11.6 Å². The first-order chi connectivity index (χ1) is 8.15. The van der Waals surface area contributed by atoms with Crippen molar-refractivity contribution in [3.63, 3.8) is 0 Å². The van der Waals surface area contributed by atoms with E-state index in [-0.39, 0.29) is 5.91 Å². The lowest BCUT2D eigenvalue weighted by Gasteiger charge is -2.11. The highest BCUT2D eigenvalue weighted by molar-refractivity contribution is 5.92. The molecular formula is C14H22N2O. The molecule has 0 fully saturated rings. The van der Waals surface area contributed by atoms with E-state index in [0.29, 0.717) is 13.0 Å². The summed E-state index contributed by atoms with van der Waals surface area (Å²) in [5.74, 6) is 0.0967. The predicted octanol–water partition coefficient (Wildman–Crippen LogP) is 2.76. The molecule has 0 saturated heterocycles. The fourth-order valence-electron chi connectivity index (χ4n) is 1.82. The van der Waals surface area contributed by atoms with Gasteiger partial charge >= 0.3 is 0 Å². The van der Waals surface area contributed by atoms with Crippen LogP contribution in [0.15, 0.2) is 18.2 Å². The molecular weight excluding hydrogens is 212 g/mol. The predicted molar refractivity (Wildman–Crippen MR) is 72.1 cm³/mol. The summed E-state index contributed by atoms with van der Waals surface area (Å²) in [7, 11) is 0. The Hall–Kier alpha value is -1.35. The topological polar surface area (TPSA) is 55.1 Å². The number of rotatable bonds is 6. The number of amides is 1. The number of aryl methyl sites for hydroxylation is 2. The normalized spacial score (nSPS) is 10.3. The van der Waals surface area contributed by atoms with Gasteiger partial charge in [0.1, 0.15) is 0 Å². The molecule has 0 atom stereocenters. The minimum absolute atomic E-state index is 0.0967. The van der Waals surface area contributed by atoms with Crippen LogP contribution < -0.4 is 11.1 Å². The second-order valence-corrected chi connectivity index (χ2v) is 4.41. The van der Waals surface area contributed by atoms with E-state index in [9.17, 15) is 4.79 Å². The Morgan fingerprint density at radius 2 is 1.82 bits per heavy atom. The molecule has 0 bridgehead atoms. The minimum atomic E-state index is 0.0967. The Morgan fingerprint density at radius 3 is 2.41 bits per heavy atom. The van der Waals surface area contributed by atoms with Crippen LogP contribution in [0.2, 0.25) is 0 Å². The Labute approximate surface area is 103 Å². The average Bonchev–Trinajstić information content (AvgIpc) is 2.30. The molecule has 1 aromatic carbocycles. The zero-order valence-electron chi connectivity index (χ0n) is 10.8. The molecule has 0 aliphatic carbocycles. The smallest absolute Gasteiger partial charge is 0.224 e. The molecule has 0 radical (unpaired) electrons. The van der Waals surface area contributed by atoms with Crippen molar-refractivity contribution in [3.8, 4) is 0 Å². The fraction of sp³-hybridized carbons (Fsp3) is 0.500. The molecule has 0 aliphatic rings. The lowest BCUT2D eigenvalue weighted by Crippen LogP contribution is -2.13. The van der Waals surface area contributed by atoms with Gasteiger partial charge in [-0.25, -0.2) is 0 Å². The van der Waals surface area contributed by atoms with Gasteiger partial charge in [-0.1, -0.05) is 24.6 Å². The summed E-state index contributed by atoms with van der Waals surface area (Å²) < 4.78 is 0. The second-order valence-electron chi connectivity index (χ2n) is 4.41. The standard InChI is InChI=1S/C14H22N2O/c1-11-7-6-8-12(2)14(11)16-13(17)9-4-3-5-10-15/h6-8H,3-5,9-10,15H2,1-2H3,(H,16,17). The molecule has 0 aliphatic heterocycles. The summed E-state index contributed by atoms with van der Waals surface area (Å²) in [6.07, 6.45) is 3.51. The van der Waals surface area contributed by atoms with Gasteiger partial charge in [0, 0.05) is 12.1 Å². The summed E-state index contributed by atoms with van der Waals surface area (Å²) in [6, 6.07) is 6.02. The summed E-state index contributed by atoms with van der Waals surface area (Å²) in [4.78, 5) is 11.7. The number of hydrogen-bond donors (Lipinski definition) is 2. The van der Waals surface area contributed by atoms with Crippen LogP contribution in [0.3, 0.4) is 0 Å². The molecule has 0 aromatic heterocycles. The highest BCUT2D eigenvalue weighted by Crippen LogP contribution is 2.19. The zero-order chi connectivity index (χ0) is 12.7. The number of nitrogens with one attached hydrogen (secondary N) is 1. The summed E-state index contributed by atoms with van der Waals surface area (Å²) >= 11 is 0. The molecule has 1 amide bonds. The molecule has 3 heteroatoms. The number of unbranched alkanes of at least 4 members (excludes halogenated alkanes) is 2. The highest BCUT2D eigenvalue weighted by atomic mass is 16.1. The SMILES string of the molecule is Cc1cccc(C)c1NC(=O)CCCCCN. The van der Waals surface area contributed by atoms with Crippen molar-refractivity contribution < 1.29 is 4.79 Å². The first-order valence-corrected chi connectivity index (χ1v) is 6.21. The Morgan fingerprint density at radius 1 is 1.18 bits per heavy atom. The van der Waals surface area contributed by atoms with Gasteiger partial charge < -0.3 is 11.1 Å². The monoisotopic (exact) mass is 234 g/mol. The summed E-state index contributed by atoms with van der Waals surface area (Å²) in [5, 5.41) is 2.99. The van der Waals surface area contributed by atoms with Gasteiger partial charge in [-0.15, -0.1) is 0 Å². The summed E-state index contributed by atoms with van der Waals surface area (Å²) in [6.45, 7) is 4.73. The largest absolute Gasteiger partial charge is 0.330 e. The maximum absolute atomic E-state index is 11.7. The Balaban J connectivity index is 2.45. The van der Waals surface area contributed by atoms with Gasteiger partial charge in [-0.05, 0) is 44.4 Å². The third-order valence-corrected chi connectivity index (χ3v) is 2.85. The van der Waals surface area contributed by atoms with E-state index in [2.05, 4.69) is 5.32 Å². The molecule has 1 aromatic rings. The van der Waals surface area contributed by atoms with Crippen LogP contribution in [0.4, 0.5) is 5.69 Å². The van der Waals surface area contributed by atoms with E-state index in [1.165, 1.54) is 0 Å². The number of carbonyl (C=O) groups excluding carboxylic acids is 1. The van der Waals surface area contributed by atoms with Crippen molar-refractivity contribution in [1.29, 1.82) is 0 Å². The molecule has 3 N–H and O–H groups in total. The van der Waals surface area contributed by atoms with Crippen LogP contribution in [-0.2, 0) is 4.79 Å². The highest BCUT2D eigenvalue weighted by Gasteiger charge is 2.06. The number of anilines is 1. The average molecular weight is 234 g/mol. The van der Waals surface area contributed by atoms with E-state index in [1.807, 2.05) is 32.0 Å². The van der Waals surface area contributed by atoms with Crippen molar-refractivity contribution in [2.75, 3.05) is 11.9 Å². The van der Waals surface area contributed by atoms with Crippen molar-refractivity contribution in [2.24, 2.45) is 5.73 Å². The molecule has 3 nitrogen and oxygen atoms in total. The molecule has 0 unspecified atom stereocenters. The van der Waals surface area contributed by atoms with E-state index < -0.39 is 0 Å². The number of carbonyl (C=O) groups is 1. The van der Waals surface area contributed by atoms with E-state index in [1.54, 1.807) is 0 Å². The first kappa shape index (κ1) is 13.7.